The van der Waals surface area contributed by atoms with E-state index in [1.54, 1.807) is 0 Å². The van der Waals surface area contributed by atoms with Crippen LogP contribution in [0.3, 0.4) is 0 Å². The predicted molar refractivity (Wildman–Crippen MR) is 63.1 cm³/mol. The summed E-state index contributed by atoms with van der Waals surface area (Å²) in [5, 5.41) is 21.0. The van der Waals surface area contributed by atoms with Crippen molar-refractivity contribution >= 4 is 11.8 Å². The van der Waals surface area contributed by atoms with E-state index in [1.165, 1.54) is 13.0 Å². The molecule has 1 heterocycles. The molecular formula is C13H13F3NO3-. The van der Waals surface area contributed by atoms with Gasteiger partial charge < -0.3 is 19.9 Å². The Labute approximate surface area is 113 Å². The van der Waals surface area contributed by atoms with Gasteiger partial charge in [-0.1, -0.05) is 6.07 Å². The number of amides is 1. The van der Waals surface area contributed by atoms with Crippen molar-refractivity contribution < 1.29 is 28.2 Å². The molecule has 0 bridgehead atoms. The van der Waals surface area contributed by atoms with Gasteiger partial charge in [0.15, 0.2) is 0 Å². The molecule has 2 rings (SSSR count). The lowest BCUT2D eigenvalue weighted by Crippen LogP contribution is -2.42. The van der Waals surface area contributed by atoms with E-state index in [9.17, 15) is 28.2 Å². The number of carbonyl (C=O) groups excluding carboxylic acids is 1. The lowest BCUT2D eigenvalue weighted by Gasteiger charge is -2.27. The predicted octanol–water partition coefficient (Wildman–Crippen LogP) is 1.99. The van der Waals surface area contributed by atoms with Crippen LogP contribution in [0.1, 0.15) is 35.6 Å². The highest BCUT2D eigenvalue weighted by Crippen LogP contribution is 2.40. The Balaban J connectivity index is 2.65. The van der Waals surface area contributed by atoms with Crippen LogP contribution in [0.15, 0.2) is 12.1 Å². The summed E-state index contributed by atoms with van der Waals surface area (Å²) < 4.78 is 38.7. The molecule has 1 aromatic rings. The summed E-state index contributed by atoms with van der Waals surface area (Å²) >= 11 is 0. The highest BCUT2D eigenvalue weighted by atomic mass is 19.4. The van der Waals surface area contributed by atoms with Gasteiger partial charge in [0.1, 0.15) is 6.09 Å². The van der Waals surface area contributed by atoms with E-state index < -0.39 is 23.9 Å². The minimum absolute atomic E-state index is 0.00670. The number of aliphatic hydroxyl groups is 1. The molecule has 1 unspecified atom stereocenters. The number of benzene rings is 1. The number of hydrogen-bond acceptors (Lipinski definition) is 3. The average Bonchev–Trinajstić information content (AvgIpc) is 2.47. The summed E-state index contributed by atoms with van der Waals surface area (Å²) in [4.78, 5) is 11.8. The first-order valence-corrected chi connectivity index (χ1v) is 6.10. The van der Waals surface area contributed by atoms with Crippen LogP contribution in [0.4, 0.5) is 23.7 Å². The van der Waals surface area contributed by atoms with E-state index in [0.29, 0.717) is 12.8 Å². The zero-order chi connectivity index (χ0) is 15.1. The fourth-order valence-electron chi connectivity index (χ4n) is 2.43. The van der Waals surface area contributed by atoms with Crippen molar-refractivity contribution in [3.8, 4) is 0 Å². The van der Waals surface area contributed by atoms with E-state index in [2.05, 4.69) is 0 Å². The van der Waals surface area contributed by atoms with Crippen LogP contribution in [0.25, 0.3) is 0 Å². The molecule has 1 atom stereocenters. The second-order valence-corrected chi connectivity index (χ2v) is 4.80. The molecule has 1 N–H and O–H groups in total. The van der Waals surface area contributed by atoms with Gasteiger partial charge in [0.25, 0.3) is 0 Å². The Morgan fingerprint density at radius 2 is 2.10 bits per heavy atom. The van der Waals surface area contributed by atoms with Crippen molar-refractivity contribution in [2.75, 3.05) is 11.4 Å². The number of rotatable bonds is 0. The molecule has 1 aliphatic rings. The molecule has 1 amide bonds. The van der Waals surface area contributed by atoms with Crippen molar-refractivity contribution in [3.05, 3.63) is 28.8 Å². The summed E-state index contributed by atoms with van der Waals surface area (Å²) in [6.07, 6.45) is -6.48. The third-order valence-corrected chi connectivity index (χ3v) is 3.41. The van der Waals surface area contributed by atoms with Gasteiger partial charge in [-0.3, -0.25) is 0 Å². The highest BCUT2D eigenvalue weighted by molar-refractivity contribution is 5.86. The maximum atomic E-state index is 12.9. The standard InChI is InChI=1S/C13H14F3NO3/c1-7-5-8-10(6-9(7)13(14,15)16)17(12(19)20)4-2-3-11(8)18/h5-6,11,18H,2-4H2,1H3,(H,19,20)/p-1. The number of fused-ring (bicyclic) bond motifs is 1. The fourth-order valence-corrected chi connectivity index (χ4v) is 2.43. The van der Waals surface area contributed by atoms with Gasteiger partial charge in [0.2, 0.25) is 0 Å². The summed E-state index contributed by atoms with van der Waals surface area (Å²) in [5.74, 6) is 0. The summed E-state index contributed by atoms with van der Waals surface area (Å²) in [7, 11) is 0. The van der Waals surface area contributed by atoms with Crippen LogP contribution in [-0.2, 0) is 6.18 Å². The number of carbonyl (C=O) groups is 1. The van der Waals surface area contributed by atoms with Gasteiger partial charge in [-0.15, -0.1) is 0 Å². The zero-order valence-electron chi connectivity index (χ0n) is 10.7. The van der Waals surface area contributed by atoms with Crippen LogP contribution < -0.4 is 10.0 Å². The molecule has 0 radical (unpaired) electrons. The number of aryl methyl sites for hydroxylation is 1. The van der Waals surface area contributed by atoms with Crippen LogP contribution in [0, 0.1) is 6.92 Å². The van der Waals surface area contributed by atoms with Gasteiger partial charge in [-0.25, -0.2) is 0 Å². The van der Waals surface area contributed by atoms with E-state index >= 15 is 0 Å². The lowest BCUT2D eigenvalue weighted by molar-refractivity contribution is -0.246. The van der Waals surface area contributed by atoms with Gasteiger partial charge in [-0.2, -0.15) is 13.2 Å². The first-order valence-electron chi connectivity index (χ1n) is 6.10. The number of alkyl halides is 3. The van der Waals surface area contributed by atoms with E-state index in [1.807, 2.05) is 0 Å². The molecule has 0 saturated heterocycles. The normalized spacial score (nSPS) is 19.4. The molecule has 0 aromatic heterocycles. The van der Waals surface area contributed by atoms with Gasteiger partial charge in [-0.05, 0) is 31.4 Å². The molecule has 110 valence electrons. The molecule has 0 fully saturated rings. The Kier molecular flexibility index (Phi) is 3.64. The molecule has 1 aromatic carbocycles. The van der Waals surface area contributed by atoms with Crippen molar-refractivity contribution in [1.29, 1.82) is 0 Å². The fraction of sp³-hybridized carbons (Fsp3) is 0.462. The quantitative estimate of drug-likeness (QED) is 0.794. The maximum Gasteiger partial charge on any atom is 0.416 e. The van der Waals surface area contributed by atoms with Crippen molar-refractivity contribution in [1.82, 2.24) is 0 Å². The molecule has 1 aliphatic heterocycles. The first kappa shape index (κ1) is 14.6. The smallest absolute Gasteiger partial charge is 0.416 e. The SMILES string of the molecule is Cc1cc2c(cc1C(F)(F)F)N(C(=O)[O-])CCCC2O. The van der Waals surface area contributed by atoms with Crippen molar-refractivity contribution in [2.24, 2.45) is 0 Å². The second-order valence-electron chi connectivity index (χ2n) is 4.80. The number of halogens is 3. The zero-order valence-corrected chi connectivity index (χ0v) is 10.7. The Morgan fingerprint density at radius 3 is 2.65 bits per heavy atom. The van der Waals surface area contributed by atoms with E-state index in [4.69, 9.17) is 0 Å². The minimum atomic E-state index is -4.58. The maximum absolute atomic E-state index is 12.9. The third-order valence-electron chi connectivity index (χ3n) is 3.41. The molecule has 0 saturated carbocycles. The average molecular weight is 288 g/mol. The van der Waals surface area contributed by atoms with Crippen LogP contribution in [-0.4, -0.2) is 17.7 Å². The Hall–Kier alpha value is -1.76. The van der Waals surface area contributed by atoms with Gasteiger partial charge >= 0.3 is 6.18 Å². The van der Waals surface area contributed by atoms with Crippen molar-refractivity contribution in [2.45, 2.75) is 32.0 Å². The van der Waals surface area contributed by atoms with Gasteiger partial charge in [0.05, 0.1) is 11.7 Å². The number of hydrogen-bond donors (Lipinski definition) is 1. The first-order chi connectivity index (χ1) is 9.21. The monoisotopic (exact) mass is 288 g/mol. The molecule has 7 heteroatoms. The Bertz CT molecular complexity index is 542. The number of aliphatic hydroxyl groups excluding tert-OH is 1. The number of anilines is 1. The minimum Gasteiger partial charge on any atom is -0.530 e. The highest BCUT2D eigenvalue weighted by Gasteiger charge is 2.35. The van der Waals surface area contributed by atoms with Gasteiger partial charge in [0, 0.05) is 17.8 Å². The molecular weight excluding hydrogens is 275 g/mol. The number of carboxylic acid groups (broad SMARTS) is 1. The molecule has 20 heavy (non-hydrogen) atoms. The topological polar surface area (TPSA) is 63.6 Å². The van der Waals surface area contributed by atoms with Crippen LogP contribution >= 0.6 is 0 Å². The summed E-state index contributed by atoms with van der Waals surface area (Å²) in [5.41, 5.74) is -0.905. The molecule has 4 nitrogen and oxygen atoms in total. The molecule has 0 aliphatic carbocycles. The Morgan fingerprint density at radius 1 is 1.45 bits per heavy atom. The summed E-state index contributed by atoms with van der Waals surface area (Å²) in [6, 6.07) is 1.97. The third kappa shape index (κ3) is 2.58. The largest absolute Gasteiger partial charge is 0.530 e. The summed E-state index contributed by atoms with van der Waals surface area (Å²) in [6.45, 7) is 1.29. The second kappa shape index (κ2) is 4.97. The van der Waals surface area contributed by atoms with E-state index in [0.717, 1.165) is 11.0 Å². The molecule has 0 spiro atoms. The van der Waals surface area contributed by atoms with Crippen molar-refractivity contribution in [3.63, 3.8) is 0 Å². The van der Waals surface area contributed by atoms with Crippen LogP contribution in [0.5, 0.6) is 0 Å². The lowest BCUT2D eigenvalue weighted by atomic mass is 9.98. The van der Waals surface area contributed by atoms with E-state index in [-0.39, 0.29) is 23.4 Å². The number of nitrogens with zero attached hydrogens (tertiary/aromatic N) is 1. The van der Waals surface area contributed by atoms with Crippen LogP contribution in [0.2, 0.25) is 0 Å².